The van der Waals surface area contributed by atoms with E-state index in [9.17, 15) is 9.59 Å². The van der Waals surface area contributed by atoms with Gasteiger partial charge in [-0.05, 0) is 24.6 Å². The number of fused-ring (bicyclic) bond motifs is 2. The van der Waals surface area contributed by atoms with Gasteiger partial charge in [-0.25, -0.2) is 9.97 Å². The number of benzene rings is 1. The van der Waals surface area contributed by atoms with E-state index in [1.165, 1.54) is 0 Å². The van der Waals surface area contributed by atoms with Gasteiger partial charge >= 0.3 is 0 Å². The predicted molar refractivity (Wildman–Crippen MR) is 122 cm³/mol. The summed E-state index contributed by atoms with van der Waals surface area (Å²) in [5.74, 6) is 0.774. The number of aromatic nitrogens is 3. The van der Waals surface area contributed by atoms with Crippen LogP contribution in [0.3, 0.4) is 0 Å². The Morgan fingerprint density at radius 2 is 2.12 bits per heavy atom. The van der Waals surface area contributed by atoms with Crippen molar-refractivity contribution in [3.05, 3.63) is 34.3 Å². The summed E-state index contributed by atoms with van der Waals surface area (Å²) < 4.78 is 7.15. The highest BCUT2D eigenvalue weighted by molar-refractivity contribution is 7.15. The van der Waals surface area contributed by atoms with E-state index in [1.807, 2.05) is 34.7 Å². The number of ketones is 1. The minimum atomic E-state index is -0.0128. The fraction of sp³-hybridized carbons (Fsp3) is 0.455. The Morgan fingerprint density at radius 1 is 1.28 bits per heavy atom. The molecule has 4 rings (SSSR count). The van der Waals surface area contributed by atoms with Crippen molar-refractivity contribution in [1.29, 1.82) is 0 Å². The van der Waals surface area contributed by atoms with Crippen molar-refractivity contribution in [2.24, 2.45) is 7.05 Å². The Bertz CT molecular complexity index is 1140. The fourth-order valence-electron chi connectivity index (χ4n) is 3.74. The van der Waals surface area contributed by atoms with Gasteiger partial charge in [0, 0.05) is 50.4 Å². The van der Waals surface area contributed by atoms with Gasteiger partial charge in [-0.2, -0.15) is 0 Å². The lowest BCUT2D eigenvalue weighted by Gasteiger charge is -2.24. The van der Waals surface area contributed by atoms with Gasteiger partial charge in [-0.3, -0.25) is 9.59 Å². The second-order valence-corrected chi connectivity index (χ2v) is 8.85. The maximum absolute atomic E-state index is 12.5. The average molecular weight is 458 g/mol. The van der Waals surface area contributed by atoms with Crippen LogP contribution in [0.15, 0.2) is 18.2 Å². The molecule has 170 valence electrons. The highest BCUT2D eigenvalue weighted by Crippen LogP contribution is 2.31. The van der Waals surface area contributed by atoms with E-state index in [-0.39, 0.29) is 18.3 Å². The summed E-state index contributed by atoms with van der Waals surface area (Å²) in [7, 11) is 1.92. The molecule has 1 aliphatic heterocycles. The molecule has 2 N–H and O–H groups in total. The van der Waals surface area contributed by atoms with Gasteiger partial charge in [-0.1, -0.05) is 11.3 Å². The van der Waals surface area contributed by atoms with Gasteiger partial charge in [-0.15, -0.1) is 0 Å². The molecule has 0 spiro atoms. The third kappa shape index (κ3) is 4.82. The molecule has 32 heavy (non-hydrogen) atoms. The molecule has 9 nitrogen and oxygen atoms in total. The number of amides is 1. The zero-order valence-electron chi connectivity index (χ0n) is 18.3. The van der Waals surface area contributed by atoms with Gasteiger partial charge in [0.2, 0.25) is 11.9 Å². The van der Waals surface area contributed by atoms with Crippen molar-refractivity contribution in [2.75, 3.05) is 31.7 Å². The molecule has 1 amide bonds. The number of hydrogen-bond donors (Lipinski definition) is 2. The monoisotopic (exact) mass is 457 g/mol. The van der Waals surface area contributed by atoms with Crippen molar-refractivity contribution in [3.8, 4) is 0 Å². The second kappa shape index (κ2) is 9.76. The molecule has 0 saturated carbocycles. The summed E-state index contributed by atoms with van der Waals surface area (Å²) in [6, 6.07) is 5.54. The number of nitrogens with one attached hydrogen (secondary N) is 1. The number of aliphatic hydroxyl groups excluding tert-OH is 1. The first kappa shape index (κ1) is 22.4. The maximum Gasteiger partial charge on any atom is 0.219 e. The molecule has 0 saturated heterocycles. The quantitative estimate of drug-likeness (QED) is 0.375. The minimum Gasteiger partial charge on any atom is -0.394 e. The molecular formula is C22H27N5O4S. The largest absolute Gasteiger partial charge is 0.394 e. The van der Waals surface area contributed by atoms with Gasteiger partial charge in [0.1, 0.15) is 0 Å². The number of Topliss-reactive ketones (excluding diaryl/α,β-unsaturated/α-hetero) is 1. The lowest BCUT2D eigenvalue weighted by atomic mass is 10.1. The SMILES string of the molecule is CC(=O)N1CCc2nc(Nc3nc4cc(C(=O)CCCOCCO)ccc4n3C)sc2C1. The molecule has 10 heteroatoms. The summed E-state index contributed by atoms with van der Waals surface area (Å²) in [6.45, 7) is 3.62. The van der Waals surface area contributed by atoms with Crippen LogP contribution in [0.5, 0.6) is 0 Å². The average Bonchev–Trinajstić information content (AvgIpc) is 3.32. The number of carbonyl (C=O) groups excluding carboxylic acids is 2. The van der Waals surface area contributed by atoms with E-state index in [4.69, 9.17) is 9.84 Å². The first-order chi connectivity index (χ1) is 15.5. The summed E-state index contributed by atoms with van der Waals surface area (Å²) in [4.78, 5) is 36.5. The van der Waals surface area contributed by atoms with E-state index in [2.05, 4.69) is 15.3 Å². The van der Waals surface area contributed by atoms with Crippen LogP contribution in [0.25, 0.3) is 11.0 Å². The summed E-state index contributed by atoms with van der Waals surface area (Å²) in [5.41, 5.74) is 3.31. The molecule has 0 bridgehead atoms. The number of rotatable bonds is 9. The summed E-state index contributed by atoms with van der Waals surface area (Å²) in [6.07, 6.45) is 1.75. The van der Waals surface area contributed by atoms with Crippen LogP contribution in [0, 0.1) is 0 Å². The Hall–Kier alpha value is -2.82. The number of imidazole rings is 1. The highest BCUT2D eigenvalue weighted by atomic mass is 32.1. The highest BCUT2D eigenvalue weighted by Gasteiger charge is 2.23. The Morgan fingerprint density at radius 3 is 2.91 bits per heavy atom. The van der Waals surface area contributed by atoms with Crippen LogP contribution in [-0.4, -0.2) is 62.6 Å². The zero-order valence-corrected chi connectivity index (χ0v) is 19.1. The van der Waals surface area contributed by atoms with Crippen LogP contribution in [0.2, 0.25) is 0 Å². The number of aliphatic hydroxyl groups is 1. The molecule has 3 aromatic rings. The van der Waals surface area contributed by atoms with Crippen LogP contribution in [0.4, 0.5) is 11.1 Å². The summed E-state index contributed by atoms with van der Waals surface area (Å²) >= 11 is 1.54. The molecule has 2 aromatic heterocycles. The van der Waals surface area contributed by atoms with Crippen LogP contribution < -0.4 is 5.32 Å². The smallest absolute Gasteiger partial charge is 0.219 e. The van der Waals surface area contributed by atoms with Crippen molar-refractivity contribution < 1.29 is 19.4 Å². The third-order valence-corrected chi connectivity index (χ3v) is 6.52. The Labute approximate surface area is 190 Å². The van der Waals surface area contributed by atoms with E-state index in [0.29, 0.717) is 50.7 Å². The molecule has 0 unspecified atom stereocenters. The topological polar surface area (TPSA) is 110 Å². The standard InChI is InChI=1S/C22H27N5O4S/c1-14(29)27-8-7-16-20(13-27)32-22(24-16)25-21-23-17-12-15(5-6-18(17)26(21)2)19(30)4-3-10-31-11-9-28/h5-6,12,28H,3-4,7-11,13H2,1-2H3,(H,23,24,25). The molecule has 0 radical (unpaired) electrons. The van der Waals surface area contributed by atoms with E-state index in [1.54, 1.807) is 18.3 Å². The first-order valence-corrected chi connectivity index (χ1v) is 11.5. The van der Waals surface area contributed by atoms with Crippen molar-refractivity contribution in [3.63, 3.8) is 0 Å². The van der Waals surface area contributed by atoms with Gasteiger partial charge in [0.15, 0.2) is 10.9 Å². The summed E-state index contributed by atoms with van der Waals surface area (Å²) in [5, 5.41) is 12.8. The van der Waals surface area contributed by atoms with Crippen molar-refractivity contribution in [1.82, 2.24) is 19.4 Å². The zero-order chi connectivity index (χ0) is 22.7. The van der Waals surface area contributed by atoms with E-state index < -0.39 is 0 Å². The number of anilines is 2. The number of aryl methyl sites for hydroxylation is 1. The predicted octanol–water partition coefficient (Wildman–Crippen LogP) is 2.65. The molecule has 3 heterocycles. The molecule has 1 aromatic carbocycles. The van der Waals surface area contributed by atoms with E-state index >= 15 is 0 Å². The number of thiazole rings is 1. The van der Waals surface area contributed by atoms with Crippen LogP contribution in [-0.2, 0) is 29.5 Å². The van der Waals surface area contributed by atoms with Crippen LogP contribution >= 0.6 is 11.3 Å². The molecule has 1 aliphatic rings. The van der Waals surface area contributed by atoms with Crippen molar-refractivity contribution >= 4 is 45.1 Å². The minimum absolute atomic E-state index is 0.0128. The second-order valence-electron chi connectivity index (χ2n) is 7.77. The fourth-order valence-corrected chi connectivity index (χ4v) is 4.76. The molecule has 0 aliphatic carbocycles. The molecule has 0 atom stereocenters. The number of ether oxygens (including phenoxy) is 1. The number of nitrogens with zero attached hydrogens (tertiary/aromatic N) is 4. The van der Waals surface area contributed by atoms with Crippen molar-refractivity contribution in [2.45, 2.75) is 32.7 Å². The maximum atomic E-state index is 12.5. The lowest BCUT2D eigenvalue weighted by molar-refractivity contribution is -0.129. The normalized spacial score (nSPS) is 13.4. The Kier molecular flexibility index (Phi) is 6.83. The molecular weight excluding hydrogens is 430 g/mol. The third-order valence-electron chi connectivity index (χ3n) is 5.53. The van der Waals surface area contributed by atoms with Gasteiger partial charge in [0.05, 0.1) is 36.5 Å². The lowest BCUT2D eigenvalue weighted by Crippen LogP contribution is -2.33. The van der Waals surface area contributed by atoms with Gasteiger partial charge < -0.3 is 24.6 Å². The Balaban J connectivity index is 1.46. The molecule has 0 fully saturated rings. The number of carbonyl (C=O) groups is 2. The number of hydrogen-bond acceptors (Lipinski definition) is 8. The first-order valence-electron chi connectivity index (χ1n) is 10.7. The van der Waals surface area contributed by atoms with Crippen LogP contribution in [0.1, 0.15) is 40.7 Å². The van der Waals surface area contributed by atoms with E-state index in [0.717, 1.165) is 33.2 Å². The van der Waals surface area contributed by atoms with Gasteiger partial charge in [0.25, 0.3) is 0 Å².